The third-order valence-electron chi connectivity index (χ3n) is 2.96. The molecule has 0 unspecified atom stereocenters. The summed E-state index contributed by atoms with van der Waals surface area (Å²) < 4.78 is 0. The number of aryl methyl sites for hydroxylation is 1. The summed E-state index contributed by atoms with van der Waals surface area (Å²) in [6.45, 7) is 2.74. The summed E-state index contributed by atoms with van der Waals surface area (Å²) in [6, 6.07) is 7.49. The van der Waals surface area contributed by atoms with Crippen molar-refractivity contribution in [1.29, 1.82) is 0 Å². The molecule has 0 saturated heterocycles. The van der Waals surface area contributed by atoms with Gasteiger partial charge in [0.25, 0.3) is 0 Å². The van der Waals surface area contributed by atoms with Crippen molar-refractivity contribution in [1.82, 2.24) is 10.2 Å². The molecule has 110 valence electrons. The minimum Gasteiger partial charge on any atom is -0.399 e. The zero-order valence-electron chi connectivity index (χ0n) is 12.2. The van der Waals surface area contributed by atoms with E-state index in [9.17, 15) is 9.59 Å². The predicted octanol–water partition coefficient (Wildman–Crippen LogP) is 1.19. The highest BCUT2D eigenvalue weighted by atomic mass is 16.2. The molecule has 0 aliphatic carbocycles. The van der Waals surface area contributed by atoms with Crippen LogP contribution < -0.4 is 11.1 Å². The molecule has 0 saturated carbocycles. The highest BCUT2D eigenvalue weighted by Crippen LogP contribution is 2.09. The average molecular weight is 277 g/mol. The number of benzene rings is 1. The molecule has 0 radical (unpaired) electrons. The van der Waals surface area contributed by atoms with E-state index in [1.807, 2.05) is 31.2 Å². The Labute approximate surface area is 120 Å². The summed E-state index contributed by atoms with van der Waals surface area (Å²) in [6.07, 6.45) is 1.89. The van der Waals surface area contributed by atoms with Crippen LogP contribution >= 0.6 is 0 Å². The van der Waals surface area contributed by atoms with Gasteiger partial charge in [0, 0.05) is 25.7 Å². The van der Waals surface area contributed by atoms with Crippen molar-refractivity contribution in [2.45, 2.75) is 26.2 Å². The van der Waals surface area contributed by atoms with Crippen LogP contribution in [-0.2, 0) is 16.0 Å². The van der Waals surface area contributed by atoms with Gasteiger partial charge >= 0.3 is 0 Å². The number of nitrogens with two attached hydrogens (primary N) is 1. The largest absolute Gasteiger partial charge is 0.399 e. The second-order valence-electron chi connectivity index (χ2n) is 4.84. The van der Waals surface area contributed by atoms with Gasteiger partial charge in [0.2, 0.25) is 11.8 Å². The van der Waals surface area contributed by atoms with Gasteiger partial charge in [0.15, 0.2) is 0 Å². The topological polar surface area (TPSA) is 75.4 Å². The number of nitrogens with zero attached hydrogens (tertiary/aromatic N) is 1. The van der Waals surface area contributed by atoms with Crippen molar-refractivity contribution in [3.05, 3.63) is 29.8 Å². The van der Waals surface area contributed by atoms with E-state index in [1.165, 1.54) is 4.90 Å². The zero-order chi connectivity index (χ0) is 15.0. The van der Waals surface area contributed by atoms with Crippen LogP contribution in [0.2, 0.25) is 0 Å². The molecule has 0 spiro atoms. The fraction of sp³-hybridized carbons (Fsp3) is 0.467. The summed E-state index contributed by atoms with van der Waals surface area (Å²) in [4.78, 5) is 24.9. The number of nitrogen functional groups attached to an aromatic ring is 1. The van der Waals surface area contributed by atoms with Gasteiger partial charge < -0.3 is 16.0 Å². The smallest absolute Gasteiger partial charge is 0.239 e. The molecule has 0 aliphatic rings. The van der Waals surface area contributed by atoms with Crippen LogP contribution in [0.3, 0.4) is 0 Å². The second-order valence-corrected chi connectivity index (χ2v) is 4.84. The van der Waals surface area contributed by atoms with Crippen LogP contribution in [0, 0.1) is 0 Å². The van der Waals surface area contributed by atoms with E-state index in [2.05, 4.69) is 5.32 Å². The van der Waals surface area contributed by atoms with Crippen LogP contribution in [-0.4, -0.2) is 36.9 Å². The fourth-order valence-electron chi connectivity index (χ4n) is 1.81. The highest BCUT2D eigenvalue weighted by molar-refractivity contribution is 5.84. The van der Waals surface area contributed by atoms with Crippen LogP contribution in [0.15, 0.2) is 24.3 Å². The number of likely N-dealkylation sites (N-methyl/N-ethyl adjacent to an activating group) is 1. The molecule has 0 aliphatic heterocycles. The Morgan fingerprint density at radius 2 is 2.10 bits per heavy atom. The van der Waals surface area contributed by atoms with Crippen molar-refractivity contribution in [2.75, 3.05) is 25.9 Å². The Kier molecular flexibility index (Phi) is 6.56. The Balaban J connectivity index is 2.36. The van der Waals surface area contributed by atoms with E-state index >= 15 is 0 Å². The number of amides is 2. The maximum Gasteiger partial charge on any atom is 0.239 e. The van der Waals surface area contributed by atoms with Crippen LogP contribution in [0.1, 0.15) is 25.3 Å². The Hall–Kier alpha value is -2.04. The first-order valence-corrected chi connectivity index (χ1v) is 6.88. The Bertz CT molecular complexity index is 460. The summed E-state index contributed by atoms with van der Waals surface area (Å²) in [7, 11) is 1.65. The quantitative estimate of drug-likeness (QED) is 0.735. The van der Waals surface area contributed by atoms with Gasteiger partial charge in [-0.15, -0.1) is 0 Å². The number of hydrogen-bond acceptors (Lipinski definition) is 3. The molecule has 5 nitrogen and oxygen atoms in total. The van der Waals surface area contributed by atoms with Gasteiger partial charge in [-0.25, -0.2) is 0 Å². The van der Waals surface area contributed by atoms with Crippen LogP contribution in [0.25, 0.3) is 0 Å². The van der Waals surface area contributed by atoms with E-state index < -0.39 is 0 Å². The first-order valence-electron chi connectivity index (χ1n) is 6.88. The molecule has 1 rings (SSSR count). The summed E-state index contributed by atoms with van der Waals surface area (Å²) in [5, 5.41) is 2.75. The number of nitrogens with one attached hydrogen (secondary N) is 1. The minimum absolute atomic E-state index is 0.0425. The van der Waals surface area contributed by atoms with Gasteiger partial charge in [0.1, 0.15) is 0 Å². The summed E-state index contributed by atoms with van der Waals surface area (Å²) in [5.74, 6) is -0.161. The normalized spacial score (nSPS) is 10.1. The molecule has 2 amide bonds. The van der Waals surface area contributed by atoms with Crippen molar-refractivity contribution in [3.63, 3.8) is 0 Å². The molecular formula is C15H23N3O2. The lowest BCUT2D eigenvalue weighted by molar-refractivity contribution is -0.134. The molecule has 1 aromatic rings. The summed E-state index contributed by atoms with van der Waals surface area (Å²) in [5.41, 5.74) is 7.42. The molecule has 5 heteroatoms. The average Bonchev–Trinajstić information content (AvgIpc) is 2.42. The number of anilines is 1. The monoisotopic (exact) mass is 277 g/mol. The number of hydrogen-bond donors (Lipinski definition) is 2. The summed E-state index contributed by atoms with van der Waals surface area (Å²) >= 11 is 0. The highest BCUT2D eigenvalue weighted by Gasteiger charge is 2.12. The zero-order valence-corrected chi connectivity index (χ0v) is 12.2. The van der Waals surface area contributed by atoms with E-state index in [0.29, 0.717) is 25.1 Å². The predicted molar refractivity (Wildman–Crippen MR) is 80.1 cm³/mol. The van der Waals surface area contributed by atoms with Crippen molar-refractivity contribution >= 4 is 17.5 Å². The lowest BCUT2D eigenvalue weighted by Crippen LogP contribution is -2.38. The van der Waals surface area contributed by atoms with Gasteiger partial charge in [0.05, 0.1) is 6.54 Å². The van der Waals surface area contributed by atoms with E-state index in [-0.39, 0.29) is 18.4 Å². The molecule has 3 N–H and O–H groups in total. The maximum absolute atomic E-state index is 11.9. The van der Waals surface area contributed by atoms with E-state index in [1.54, 1.807) is 7.05 Å². The second kappa shape index (κ2) is 8.19. The lowest BCUT2D eigenvalue weighted by atomic mass is 10.1. The third-order valence-corrected chi connectivity index (χ3v) is 2.96. The van der Waals surface area contributed by atoms with Crippen molar-refractivity contribution in [3.8, 4) is 0 Å². The number of rotatable bonds is 7. The van der Waals surface area contributed by atoms with Crippen LogP contribution in [0.4, 0.5) is 5.69 Å². The number of carbonyl (C=O) groups excluding carboxylic acids is 2. The van der Waals surface area contributed by atoms with Crippen molar-refractivity contribution in [2.24, 2.45) is 0 Å². The molecule has 0 aromatic heterocycles. The van der Waals surface area contributed by atoms with Crippen LogP contribution in [0.5, 0.6) is 0 Å². The maximum atomic E-state index is 11.9. The number of carbonyl (C=O) groups is 2. The Morgan fingerprint density at radius 3 is 2.75 bits per heavy atom. The van der Waals surface area contributed by atoms with Gasteiger partial charge in [-0.3, -0.25) is 9.59 Å². The van der Waals surface area contributed by atoms with Crippen molar-refractivity contribution < 1.29 is 9.59 Å². The minimum atomic E-state index is -0.119. The Morgan fingerprint density at radius 1 is 1.35 bits per heavy atom. The molecule has 0 bridgehead atoms. The van der Waals surface area contributed by atoms with E-state index in [0.717, 1.165) is 12.0 Å². The first kappa shape index (κ1) is 16.0. The molecule has 0 fully saturated rings. The van der Waals surface area contributed by atoms with E-state index in [4.69, 9.17) is 5.73 Å². The fourth-order valence-corrected chi connectivity index (χ4v) is 1.81. The lowest BCUT2D eigenvalue weighted by Gasteiger charge is -2.16. The van der Waals surface area contributed by atoms with Gasteiger partial charge in [-0.2, -0.15) is 0 Å². The standard InChI is InChI=1S/C15H23N3O2/c1-3-9-17-14(19)11-18(2)15(20)8-7-12-5-4-6-13(16)10-12/h4-6,10H,3,7-9,11,16H2,1-2H3,(H,17,19). The molecular weight excluding hydrogens is 254 g/mol. The molecule has 20 heavy (non-hydrogen) atoms. The molecule has 0 heterocycles. The first-order chi connectivity index (χ1) is 9.52. The molecule has 1 aromatic carbocycles. The third kappa shape index (κ3) is 5.73. The van der Waals surface area contributed by atoms with Gasteiger partial charge in [-0.05, 0) is 30.5 Å². The SMILES string of the molecule is CCCNC(=O)CN(C)C(=O)CCc1cccc(N)c1. The van der Waals surface area contributed by atoms with Gasteiger partial charge in [-0.1, -0.05) is 19.1 Å². The molecule has 0 atom stereocenters.